The minimum Gasteiger partial charge on any atom is -0.356 e. The number of nitrogens with one attached hydrogen (secondary N) is 4. The predicted octanol–water partition coefficient (Wildman–Crippen LogP) is -0.418. The van der Waals surface area contributed by atoms with Gasteiger partial charge in [-0.05, 0) is 50.4 Å². The molecule has 0 aromatic carbocycles. The van der Waals surface area contributed by atoms with Crippen molar-refractivity contribution in [2.75, 3.05) is 13.1 Å². The largest absolute Gasteiger partial charge is 0.356 e. The molecule has 0 bridgehead atoms. The number of rotatable bonds is 10. The van der Waals surface area contributed by atoms with E-state index in [-0.39, 0.29) is 49.3 Å². The Morgan fingerprint density at radius 2 is 1.15 bits per heavy atom. The number of carbonyl (C=O) groups excluding carboxylic acids is 4. The van der Waals surface area contributed by atoms with Crippen molar-refractivity contribution in [3.63, 3.8) is 0 Å². The normalized spacial score (nSPS) is 25.2. The van der Waals surface area contributed by atoms with Gasteiger partial charge in [-0.2, -0.15) is 0 Å². The molecule has 4 amide bonds. The van der Waals surface area contributed by atoms with Crippen LogP contribution in [0.15, 0.2) is 0 Å². The molecular weight excluding hydrogens is 336 g/mol. The topological polar surface area (TPSA) is 116 Å². The van der Waals surface area contributed by atoms with Gasteiger partial charge in [0.1, 0.15) is 12.1 Å². The Morgan fingerprint density at radius 1 is 0.769 bits per heavy atom. The number of hydrogen-bond acceptors (Lipinski definition) is 4. The molecule has 8 heteroatoms. The standard InChI is InChI=1S/C18H28N4O4/c23-15(19-9-11-1-2-11)7-5-13-17(25)22-14(18(26)21-13)6-8-16(24)20-10-12-3-4-12/h11-14H,1-10H2,(H,19,23)(H,20,24)(H,21,26)(H,22,25)/t13-,14+. The van der Waals surface area contributed by atoms with Crippen molar-refractivity contribution in [1.29, 1.82) is 0 Å². The second-order valence-corrected chi connectivity index (χ2v) is 7.69. The van der Waals surface area contributed by atoms with Crippen LogP contribution in [0.25, 0.3) is 0 Å². The molecule has 1 saturated heterocycles. The van der Waals surface area contributed by atoms with Gasteiger partial charge < -0.3 is 21.3 Å². The van der Waals surface area contributed by atoms with E-state index in [0.717, 1.165) is 0 Å². The molecule has 2 atom stereocenters. The van der Waals surface area contributed by atoms with Crippen LogP contribution in [0, 0.1) is 11.8 Å². The molecule has 0 unspecified atom stereocenters. The Balaban J connectivity index is 1.33. The lowest BCUT2D eigenvalue weighted by Crippen LogP contribution is -2.61. The third-order valence-corrected chi connectivity index (χ3v) is 5.16. The summed E-state index contributed by atoms with van der Waals surface area (Å²) in [5, 5.41) is 11.0. The van der Waals surface area contributed by atoms with Crippen molar-refractivity contribution in [3.05, 3.63) is 0 Å². The molecule has 4 N–H and O–H groups in total. The van der Waals surface area contributed by atoms with Crippen molar-refractivity contribution in [2.24, 2.45) is 11.8 Å². The number of piperazine rings is 1. The van der Waals surface area contributed by atoms with E-state index >= 15 is 0 Å². The summed E-state index contributed by atoms with van der Waals surface area (Å²) < 4.78 is 0. The molecule has 2 aliphatic carbocycles. The minimum atomic E-state index is -0.686. The first-order valence-corrected chi connectivity index (χ1v) is 9.65. The van der Waals surface area contributed by atoms with Gasteiger partial charge in [-0.1, -0.05) is 0 Å². The van der Waals surface area contributed by atoms with E-state index in [1.54, 1.807) is 0 Å². The van der Waals surface area contributed by atoms with Crippen LogP contribution in [0.5, 0.6) is 0 Å². The Labute approximate surface area is 153 Å². The van der Waals surface area contributed by atoms with Crippen LogP contribution < -0.4 is 21.3 Å². The molecule has 2 saturated carbocycles. The third-order valence-electron chi connectivity index (χ3n) is 5.16. The van der Waals surface area contributed by atoms with Crippen LogP contribution in [0.3, 0.4) is 0 Å². The first kappa shape index (κ1) is 18.7. The molecule has 0 aromatic rings. The van der Waals surface area contributed by atoms with Gasteiger partial charge in [0.2, 0.25) is 23.6 Å². The second kappa shape index (κ2) is 8.51. The summed E-state index contributed by atoms with van der Waals surface area (Å²) in [5.74, 6) is 0.463. The van der Waals surface area contributed by atoms with Gasteiger partial charge in [0.15, 0.2) is 0 Å². The summed E-state index contributed by atoms with van der Waals surface area (Å²) in [6.45, 7) is 1.40. The fourth-order valence-electron chi connectivity index (χ4n) is 2.97. The molecule has 3 rings (SSSR count). The summed E-state index contributed by atoms with van der Waals surface area (Å²) in [6, 6.07) is -1.37. The zero-order valence-electron chi connectivity index (χ0n) is 15.0. The maximum Gasteiger partial charge on any atom is 0.243 e. The van der Waals surface area contributed by atoms with E-state index in [4.69, 9.17) is 0 Å². The van der Waals surface area contributed by atoms with Crippen molar-refractivity contribution in [1.82, 2.24) is 21.3 Å². The highest BCUT2D eigenvalue weighted by atomic mass is 16.2. The maximum atomic E-state index is 12.1. The molecular formula is C18H28N4O4. The van der Waals surface area contributed by atoms with Gasteiger partial charge in [-0.15, -0.1) is 0 Å². The molecule has 0 aromatic heterocycles. The van der Waals surface area contributed by atoms with Crippen molar-refractivity contribution in [2.45, 2.75) is 63.5 Å². The maximum absolute atomic E-state index is 12.1. The summed E-state index contributed by atoms with van der Waals surface area (Å²) in [5.41, 5.74) is 0. The molecule has 0 spiro atoms. The average molecular weight is 364 g/mol. The SMILES string of the molecule is O=C(CC[C@@H]1NC(=O)[C@@H](CCC(=O)NCC2CC2)NC1=O)NCC1CC1. The summed E-state index contributed by atoms with van der Waals surface area (Å²) in [6.07, 6.45) is 5.65. The van der Waals surface area contributed by atoms with Crippen molar-refractivity contribution < 1.29 is 19.2 Å². The fraction of sp³-hybridized carbons (Fsp3) is 0.778. The van der Waals surface area contributed by atoms with Crippen molar-refractivity contribution >= 4 is 23.6 Å². The number of amides is 4. The van der Waals surface area contributed by atoms with Crippen LogP contribution >= 0.6 is 0 Å². The molecule has 1 heterocycles. The Hall–Kier alpha value is -2.12. The van der Waals surface area contributed by atoms with Gasteiger partial charge in [0.25, 0.3) is 0 Å². The monoisotopic (exact) mass is 364 g/mol. The van der Waals surface area contributed by atoms with Crippen LogP contribution in [0.4, 0.5) is 0 Å². The average Bonchev–Trinajstić information content (AvgIpc) is 3.51. The Morgan fingerprint density at radius 3 is 1.50 bits per heavy atom. The summed E-state index contributed by atoms with van der Waals surface area (Å²) in [7, 11) is 0. The van der Waals surface area contributed by atoms with Crippen molar-refractivity contribution in [3.8, 4) is 0 Å². The van der Waals surface area contributed by atoms with E-state index in [0.29, 0.717) is 24.9 Å². The lowest BCUT2D eigenvalue weighted by Gasteiger charge is -2.29. The fourth-order valence-corrected chi connectivity index (χ4v) is 2.97. The lowest BCUT2D eigenvalue weighted by molar-refractivity contribution is -0.137. The van der Waals surface area contributed by atoms with E-state index in [2.05, 4.69) is 21.3 Å². The van der Waals surface area contributed by atoms with E-state index in [9.17, 15) is 19.2 Å². The highest BCUT2D eigenvalue weighted by molar-refractivity contribution is 5.97. The molecule has 144 valence electrons. The lowest BCUT2D eigenvalue weighted by atomic mass is 10.0. The van der Waals surface area contributed by atoms with E-state index in [1.165, 1.54) is 25.7 Å². The molecule has 3 fully saturated rings. The summed E-state index contributed by atoms with van der Waals surface area (Å²) in [4.78, 5) is 47.8. The van der Waals surface area contributed by atoms with Gasteiger partial charge in [0, 0.05) is 25.9 Å². The van der Waals surface area contributed by atoms with Gasteiger partial charge in [-0.25, -0.2) is 0 Å². The predicted molar refractivity (Wildman–Crippen MR) is 93.8 cm³/mol. The number of carbonyl (C=O) groups is 4. The second-order valence-electron chi connectivity index (χ2n) is 7.69. The van der Waals surface area contributed by atoms with Crippen LogP contribution in [-0.4, -0.2) is 48.8 Å². The highest BCUT2D eigenvalue weighted by Crippen LogP contribution is 2.28. The van der Waals surface area contributed by atoms with Crippen LogP contribution in [0.1, 0.15) is 51.4 Å². The Kier molecular flexibility index (Phi) is 6.11. The molecule has 26 heavy (non-hydrogen) atoms. The first-order valence-electron chi connectivity index (χ1n) is 9.65. The minimum absolute atomic E-state index is 0.0894. The molecule has 3 aliphatic rings. The van der Waals surface area contributed by atoms with Gasteiger partial charge >= 0.3 is 0 Å². The third kappa shape index (κ3) is 6.00. The molecule has 8 nitrogen and oxygen atoms in total. The smallest absolute Gasteiger partial charge is 0.243 e. The summed E-state index contributed by atoms with van der Waals surface area (Å²) >= 11 is 0. The Bertz CT molecular complexity index is 522. The van der Waals surface area contributed by atoms with Crippen LogP contribution in [0.2, 0.25) is 0 Å². The molecule has 1 aliphatic heterocycles. The molecule has 0 radical (unpaired) electrons. The quantitative estimate of drug-likeness (QED) is 0.421. The van der Waals surface area contributed by atoms with Crippen LogP contribution in [-0.2, 0) is 19.2 Å². The van der Waals surface area contributed by atoms with Gasteiger partial charge in [-0.3, -0.25) is 19.2 Å². The van der Waals surface area contributed by atoms with E-state index < -0.39 is 12.1 Å². The zero-order chi connectivity index (χ0) is 18.5. The zero-order valence-corrected chi connectivity index (χ0v) is 15.0. The highest BCUT2D eigenvalue weighted by Gasteiger charge is 2.34. The first-order chi connectivity index (χ1) is 12.5. The number of hydrogen-bond donors (Lipinski definition) is 4. The van der Waals surface area contributed by atoms with Gasteiger partial charge in [0.05, 0.1) is 0 Å². The van der Waals surface area contributed by atoms with E-state index in [1.807, 2.05) is 0 Å².